The molecule has 4 rings (SSSR count). The van der Waals surface area contributed by atoms with Crippen molar-refractivity contribution in [2.75, 3.05) is 0 Å². The number of benzene rings is 2. The highest BCUT2D eigenvalue weighted by Crippen LogP contribution is 2.42. The minimum atomic E-state index is 1.18. The summed E-state index contributed by atoms with van der Waals surface area (Å²) in [7, 11) is 0. The Morgan fingerprint density at radius 2 is 1.73 bits per heavy atom. The Morgan fingerprint density at radius 3 is 2.60 bits per heavy atom. The second-order valence-corrected chi connectivity index (χ2v) is 4.42. The number of H-pyrrole nitrogens is 1. The van der Waals surface area contributed by atoms with E-state index < -0.39 is 0 Å². The lowest BCUT2D eigenvalue weighted by atomic mass is 10.1. The molecular weight excluding hydrogens is 182 g/mol. The molecule has 3 aromatic rings. The highest BCUT2D eigenvalue weighted by molar-refractivity contribution is 6.12. The number of hydrogen-bond donors (Lipinski definition) is 1. The van der Waals surface area contributed by atoms with Crippen LogP contribution in [0.15, 0.2) is 30.3 Å². The Morgan fingerprint density at radius 1 is 1.00 bits per heavy atom. The number of aromatic amines is 1. The maximum absolute atomic E-state index is 3.48. The van der Waals surface area contributed by atoms with Gasteiger partial charge in [-0.05, 0) is 35.9 Å². The van der Waals surface area contributed by atoms with Gasteiger partial charge in [-0.25, -0.2) is 0 Å². The Bertz CT molecular complexity index is 704. The second kappa shape index (κ2) is 2.25. The molecule has 2 aromatic carbocycles. The molecular formula is C14H11N. The van der Waals surface area contributed by atoms with E-state index in [2.05, 4.69) is 42.2 Å². The van der Waals surface area contributed by atoms with Crippen LogP contribution >= 0.6 is 0 Å². The summed E-state index contributed by atoms with van der Waals surface area (Å²) in [6.45, 7) is 2.13. The third kappa shape index (κ3) is 0.834. The zero-order chi connectivity index (χ0) is 9.99. The number of aromatic nitrogens is 1. The van der Waals surface area contributed by atoms with Crippen molar-refractivity contribution >= 4 is 21.7 Å². The molecule has 15 heavy (non-hydrogen) atoms. The van der Waals surface area contributed by atoms with Crippen LogP contribution < -0.4 is 0 Å². The fourth-order valence-corrected chi connectivity index (χ4v) is 2.65. The molecule has 0 aliphatic heterocycles. The zero-order valence-corrected chi connectivity index (χ0v) is 8.59. The van der Waals surface area contributed by atoms with Gasteiger partial charge in [0.25, 0.3) is 0 Å². The van der Waals surface area contributed by atoms with Gasteiger partial charge in [0.15, 0.2) is 0 Å². The first kappa shape index (κ1) is 7.52. The van der Waals surface area contributed by atoms with E-state index >= 15 is 0 Å². The lowest BCUT2D eigenvalue weighted by Gasteiger charge is -1.97. The van der Waals surface area contributed by atoms with E-state index in [9.17, 15) is 0 Å². The van der Waals surface area contributed by atoms with Crippen molar-refractivity contribution in [2.45, 2.75) is 13.3 Å². The summed E-state index contributed by atoms with van der Waals surface area (Å²) in [5, 5.41) is 4.24. The molecule has 0 saturated carbocycles. The molecule has 1 N–H and O–H groups in total. The quantitative estimate of drug-likeness (QED) is 0.439. The van der Waals surface area contributed by atoms with Gasteiger partial charge in [0.1, 0.15) is 0 Å². The van der Waals surface area contributed by atoms with Crippen LogP contribution in [-0.2, 0) is 6.42 Å². The largest absolute Gasteiger partial charge is 0.358 e. The van der Waals surface area contributed by atoms with Gasteiger partial charge < -0.3 is 4.98 Å². The van der Waals surface area contributed by atoms with Crippen LogP contribution in [0.25, 0.3) is 21.7 Å². The van der Waals surface area contributed by atoms with Gasteiger partial charge >= 0.3 is 0 Å². The van der Waals surface area contributed by atoms with Crippen molar-refractivity contribution in [1.82, 2.24) is 4.98 Å². The van der Waals surface area contributed by atoms with Crippen LogP contribution in [0.3, 0.4) is 0 Å². The van der Waals surface area contributed by atoms with E-state index in [-0.39, 0.29) is 0 Å². The summed E-state index contributed by atoms with van der Waals surface area (Å²) in [5.74, 6) is 0. The van der Waals surface area contributed by atoms with Crippen molar-refractivity contribution in [3.05, 3.63) is 47.2 Å². The van der Waals surface area contributed by atoms with Crippen molar-refractivity contribution < 1.29 is 0 Å². The average molecular weight is 193 g/mol. The first-order valence-electron chi connectivity index (χ1n) is 5.36. The summed E-state index contributed by atoms with van der Waals surface area (Å²) < 4.78 is 0. The van der Waals surface area contributed by atoms with Gasteiger partial charge in [-0.3, -0.25) is 0 Å². The lowest BCUT2D eigenvalue weighted by Crippen LogP contribution is -1.74. The Kier molecular flexibility index (Phi) is 1.13. The number of aryl methyl sites for hydroxylation is 1. The van der Waals surface area contributed by atoms with E-state index in [1.807, 2.05) is 0 Å². The van der Waals surface area contributed by atoms with E-state index in [1.165, 1.54) is 33.8 Å². The molecule has 0 bridgehead atoms. The Labute approximate surface area is 87.7 Å². The fraction of sp³-hybridized carbons (Fsp3) is 0.143. The van der Waals surface area contributed by atoms with Gasteiger partial charge in [-0.15, -0.1) is 0 Å². The third-order valence-corrected chi connectivity index (χ3v) is 3.39. The van der Waals surface area contributed by atoms with Crippen LogP contribution in [0.1, 0.15) is 16.8 Å². The molecule has 0 spiro atoms. The first-order chi connectivity index (χ1) is 7.34. The number of rotatable bonds is 0. The fourth-order valence-electron chi connectivity index (χ4n) is 2.65. The van der Waals surface area contributed by atoms with Gasteiger partial charge in [-0.2, -0.15) is 0 Å². The van der Waals surface area contributed by atoms with E-state index in [1.54, 1.807) is 11.1 Å². The standard InChI is InChI=1S/C14H11N/c1-8-6-13-12-7-11(12)9-4-2-3-5-10(9)14(13)15-8/h2-6,15H,7H2,1H3. The highest BCUT2D eigenvalue weighted by Gasteiger charge is 2.24. The molecule has 1 heterocycles. The maximum atomic E-state index is 3.48. The molecule has 0 amide bonds. The predicted molar refractivity (Wildman–Crippen MR) is 63.3 cm³/mol. The minimum absolute atomic E-state index is 1.18. The maximum Gasteiger partial charge on any atom is 0.0538 e. The van der Waals surface area contributed by atoms with E-state index in [4.69, 9.17) is 0 Å². The molecule has 1 nitrogen and oxygen atoms in total. The van der Waals surface area contributed by atoms with Crippen LogP contribution in [0.4, 0.5) is 0 Å². The molecule has 1 heteroatoms. The smallest absolute Gasteiger partial charge is 0.0538 e. The van der Waals surface area contributed by atoms with Crippen molar-refractivity contribution in [1.29, 1.82) is 0 Å². The summed E-state index contributed by atoms with van der Waals surface area (Å²) in [6, 6.07) is 11.0. The van der Waals surface area contributed by atoms with Crippen LogP contribution in [0.2, 0.25) is 0 Å². The molecule has 1 aliphatic carbocycles. The first-order valence-corrected chi connectivity index (χ1v) is 5.36. The summed E-state index contributed by atoms with van der Waals surface area (Å²) in [6.07, 6.45) is 1.18. The summed E-state index contributed by atoms with van der Waals surface area (Å²) in [5.41, 5.74) is 5.68. The molecule has 0 radical (unpaired) electrons. The summed E-state index contributed by atoms with van der Waals surface area (Å²) in [4.78, 5) is 3.48. The van der Waals surface area contributed by atoms with Gasteiger partial charge in [-0.1, -0.05) is 24.3 Å². The van der Waals surface area contributed by atoms with Gasteiger partial charge in [0.05, 0.1) is 5.52 Å². The molecule has 0 fully saturated rings. The topological polar surface area (TPSA) is 15.8 Å². The number of nitrogens with one attached hydrogen (secondary N) is 1. The molecule has 0 saturated heterocycles. The molecule has 72 valence electrons. The molecule has 1 aliphatic rings. The van der Waals surface area contributed by atoms with Crippen molar-refractivity contribution in [3.63, 3.8) is 0 Å². The van der Waals surface area contributed by atoms with Gasteiger partial charge in [0, 0.05) is 16.5 Å². The van der Waals surface area contributed by atoms with Crippen molar-refractivity contribution in [3.8, 4) is 0 Å². The molecule has 0 unspecified atom stereocenters. The van der Waals surface area contributed by atoms with E-state index in [0.717, 1.165) is 0 Å². The van der Waals surface area contributed by atoms with Crippen LogP contribution in [0, 0.1) is 6.92 Å². The molecule has 0 atom stereocenters. The normalized spacial score (nSPS) is 13.4. The predicted octanol–water partition coefficient (Wildman–Crippen LogP) is 3.53. The van der Waals surface area contributed by atoms with Crippen molar-refractivity contribution in [2.24, 2.45) is 0 Å². The highest BCUT2D eigenvalue weighted by atomic mass is 14.7. The lowest BCUT2D eigenvalue weighted by molar-refractivity contribution is 1.31. The number of fused-ring (bicyclic) bond motifs is 6. The van der Waals surface area contributed by atoms with Crippen LogP contribution in [0.5, 0.6) is 0 Å². The van der Waals surface area contributed by atoms with Crippen LogP contribution in [-0.4, -0.2) is 4.98 Å². The Hall–Kier alpha value is -1.76. The minimum Gasteiger partial charge on any atom is -0.358 e. The summed E-state index contributed by atoms with van der Waals surface area (Å²) >= 11 is 0. The second-order valence-electron chi connectivity index (χ2n) is 4.42. The Balaban J connectivity index is 2.38. The zero-order valence-electron chi connectivity index (χ0n) is 8.59. The van der Waals surface area contributed by atoms with E-state index in [0.29, 0.717) is 0 Å². The van der Waals surface area contributed by atoms with Gasteiger partial charge in [0.2, 0.25) is 0 Å². The average Bonchev–Trinajstić information content (AvgIpc) is 2.96. The SMILES string of the molecule is Cc1cc2c3c(c4ccccc4c2[nH]1)C3. The number of hydrogen-bond acceptors (Lipinski definition) is 0. The molecule has 1 aromatic heterocycles. The monoisotopic (exact) mass is 193 g/mol. The third-order valence-electron chi connectivity index (χ3n) is 3.39.